The zero-order valence-corrected chi connectivity index (χ0v) is 9.57. The number of hydrogen-bond donors (Lipinski definition) is 1. The molecule has 0 bridgehead atoms. The zero-order chi connectivity index (χ0) is 12.2. The number of carbonyl (C=O) groups excluding carboxylic acids is 1. The Kier molecular flexibility index (Phi) is 4.89. The van der Waals surface area contributed by atoms with E-state index < -0.39 is 24.9 Å². The summed E-state index contributed by atoms with van der Waals surface area (Å²) in [5.41, 5.74) is 0. The Labute approximate surface area is 97.5 Å². The first-order valence-corrected chi connectivity index (χ1v) is 5.82. The standard InChI is InChI=1S/C10H15ClF3NO/c11-7-3-1-2-4-8(7)15-9(16)5-6-10(12,13)14/h7-8H,1-6H2,(H,15,16). The Bertz CT molecular complexity index is 245. The van der Waals surface area contributed by atoms with Crippen LogP contribution >= 0.6 is 11.6 Å². The van der Waals surface area contributed by atoms with Gasteiger partial charge in [0.1, 0.15) is 0 Å². The fraction of sp³-hybridized carbons (Fsp3) is 0.900. The Morgan fingerprint density at radius 1 is 1.31 bits per heavy atom. The molecule has 0 spiro atoms. The van der Waals surface area contributed by atoms with Gasteiger partial charge in [0, 0.05) is 12.5 Å². The van der Waals surface area contributed by atoms with Crippen molar-refractivity contribution in [3.63, 3.8) is 0 Å². The number of halogens is 4. The monoisotopic (exact) mass is 257 g/mol. The Hall–Kier alpha value is -0.450. The van der Waals surface area contributed by atoms with Crippen molar-refractivity contribution in [2.75, 3.05) is 0 Å². The van der Waals surface area contributed by atoms with Crippen LogP contribution in [-0.2, 0) is 4.79 Å². The molecule has 0 aromatic rings. The van der Waals surface area contributed by atoms with Crippen LogP contribution in [0.25, 0.3) is 0 Å². The lowest BCUT2D eigenvalue weighted by atomic mass is 9.95. The minimum atomic E-state index is -4.27. The van der Waals surface area contributed by atoms with Crippen LogP contribution in [0.3, 0.4) is 0 Å². The van der Waals surface area contributed by atoms with Gasteiger partial charge in [0.05, 0.1) is 11.8 Å². The molecule has 0 saturated heterocycles. The first-order valence-electron chi connectivity index (χ1n) is 5.38. The maximum atomic E-state index is 11.9. The van der Waals surface area contributed by atoms with Crippen LogP contribution in [0.15, 0.2) is 0 Å². The lowest BCUT2D eigenvalue weighted by Gasteiger charge is -2.27. The van der Waals surface area contributed by atoms with Crippen molar-refractivity contribution < 1.29 is 18.0 Å². The molecule has 0 aromatic heterocycles. The normalized spacial score (nSPS) is 26.5. The van der Waals surface area contributed by atoms with Gasteiger partial charge >= 0.3 is 6.18 Å². The average molecular weight is 258 g/mol. The molecule has 16 heavy (non-hydrogen) atoms. The highest BCUT2D eigenvalue weighted by Crippen LogP contribution is 2.24. The van der Waals surface area contributed by atoms with Crippen molar-refractivity contribution in [2.24, 2.45) is 0 Å². The zero-order valence-electron chi connectivity index (χ0n) is 8.82. The number of amides is 1. The molecular weight excluding hydrogens is 243 g/mol. The van der Waals surface area contributed by atoms with Crippen LogP contribution < -0.4 is 5.32 Å². The van der Waals surface area contributed by atoms with Crippen LogP contribution in [0.4, 0.5) is 13.2 Å². The number of rotatable bonds is 3. The largest absolute Gasteiger partial charge is 0.389 e. The molecule has 2 nitrogen and oxygen atoms in total. The lowest BCUT2D eigenvalue weighted by Crippen LogP contribution is -2.43. The molecule has 94 valence electrons. The molecule has 0 aromatic carbocycles. The summed E-state index contributed by atoms with van der Waals surface area (Å²) < 4.78 is 35.6. The van der Waals surface area contributed by atoms with Crippen molar-refractivity contribution in [3.05, 3.63) is 0 Å². The maximum absolute atomic E-state index is 11.9. The van der Waals surface area contributed by atoms with Crippen molar-refractivity contribution in [3.8, 4) is 0 Å². The van der Waals surface area contributed by atoms with E-state index in [2.05, 4.69) is 5.32 Å². The minimum absolute atomic E-state index is 0.149. The molecule has 1 saturated carbocycles. The molecule has 1 amide bonds. The van der Waals surface area contributed by atoms with E-state index in [1.807, 2.05) is 0 Å². The molecule has 1 rings (SSSR count). The Balaban J connectivity index is 2.28. The first-order chi connectivity index (χ1) is 7.38. The van der Waals surface area contributed by atoms with Crippen molar-refractivity contribution >= 4 is 17.5 Å². The summed E-state index contributed by atoms with van der Waals surface area (Å²) in [5, 5.41) is 2.42. The number of nitrogens with one attached hydrogen (secondary N) is 1. The van der Waals surface area contributed by atoms with Gasteiger partial charge < -0.3 is 5.32 Å². The first kappa shape index (κ1) is 13.6. The average Bonchev–Trinajstić information content (AvgIpc) is 2.18. The third kappa shape index (κ3) is 5.05. The highest BCUT2D eigenvalue weighted by molar-refractivity contribution is 6.21. The van der Waals surface area contributed by atoms with Crippen LogP contribution in [-0.4, -0.2) is 23.5 Å². The Morgan fingerprint density at radius 2 is 1.94 bits per heavy atom. The third-order valence-corrected chi connectivity index (χ3v) is 3.19. The molecule has 2 atom stereocenters. The molecule has 0 aliphatic heterocycles. The topological polar surface area (TPSA) is 29.1 Å². The second kappa shape index (κ2) is 5.75. The molecule has 1 aliphatic rings. The van der Waals surface area contributed by atoms with Gasteiger partial charge in [0.15, 0.2) is 0 Å². The van der Waals surface area contributed by atoms with E-state index >= 15 is 0 Å². The van der Waals surface area contributed by atoms with Gasteiger partial charge in [-0.25, -0.2) is 0 Å². The summed E-state index contributed by atoms with van der Waals surface area (Å²) in [5.74, 6) is -0.560. The van der Waals surface area contributed by atoms with Gasteiger partial charge in [-0.1, -0.05) is 12.8 Å². The van der Waals surface area contributed by atoms with Crippen LogP contribution in [0, 0.1) is 0 Å². The van der Waals surface area contributed by atoms with E-state index in [4.69, 9.17) is 11.6 Å². The van der Waals surface area contributed by atoms with Crippen LogP contribution in [0.5, 0.6) is 0 Å². The van der Waals surface area contributed by atoms with E-state index in [1.165, 1.54) is 0 Å². The summed E-state index contributed by atoms with van der Waals surface area (Å²) >= 11 is 5.98. The summed E-state index contributed by atoms with van der Waals surface area (Å²) in [6.07, 6.45) is -2.30. The Morgan fingerprint density at radius 3 is 2.50 bits per heavy atom. The molecule has 1 N–H and O–H groups in total. The fourth-order valence-corrected chi connectivity index (χ4v) is 2.13. The van der Waals surface area contributed by atoms with E-state index in [0.29, 0.717) is 0 Å². The smallest absolute Gasteiger partial charge is 0.352 e. The van der Waals surface area contributed by atoms with Gasteiger partial charge in [-0.2, -0.15) is 13.2 Å². The number of hydrogen-bond acceptors (Lipinski definition) is 1. The fourth-order valence-electron chi connectivity index (χ4n) is 1.78. The van der Waals surface area contributed by atoms with Gasteiger partial charge in [-0.05, 0) is 12.8 Å². The second-order valence-electron chi connectivity index (χ2n) is 4.09. The van der Waals surface area contributed by atoms with Crippen LogP contribution in [0.1, 0.15) is 38.5 Å². The summed E-state index contributed by atoms with van der Waals surface area (Å²) in [6.45, 7) is 0. The van der Waals surface area contributed by atoms with Gasteiger partial charge in [-0.15, -0.1) is 11.6 Å². The highest BCUT2D eigenvalue weighted by atomic mass is 35.5. The predicted molar refractivity (Wildman–Crippen MR) is 55.3 cm³/mol. The molecule has 2 unspecified atom stereocenters. The van der Waals surface area contributed by atoms with Crippen molar-refractivity contribution in [2.45, 2.75) is 56.1 Å². The molecule has 0 heterocycles. The molecule has 1 fully saturated rings. The maximum Gasteiger partial charge on any atom is 0.389 e. The highest BCUT2D eigenvalue weighted by Gasteiger charge is 2.29. The van der Waals surface area contributed by atoms with Crippen molar-refractivity contribution in [1.29, 1.82) is 0 Å². The SMILES string of the molecule is O=C(CCC(F)(F)F)NC1CCCCC1Cl. The number of carbonyl (C=O) groups is 1. The van der Waals surface area contributed by atoms with E-state index in [0.717, 1.165) is 25.7 Å². The molecule has 1 aliphatic carbocycles. The molecular formula is C10H15ClF3NO. The molecule has 6 heteroatoms. The second-order valence-corrected chi connectivity index (χ2v) is 4.65. The minimum Gasteiger partial charge on any atom is -0.352 e. The predicted octanol–water partition coefficient (Wildman–Crippen LogP) is 3.00. The van der Waals surface area contributed by atoms with E-state index in [9.17, 15) is 18.0 Å². The number of alkyl halides is 4. The quantitative estimate of drug-likeness (QED) is 0.774. The van der Waals surface area contributed by atoms with Crippen molar-refractivity contribution in [1.82, 2.24) is 5.32 Å². The molecule has 0 radical (unpaired) electrons. The third-order valence-electron chi connectivity index (χ3n) is 2.66. The van der Waals surface area contributed by atoms with Gasteiger partial charge in [-0.3, -0.25) is 4.79 Å². The van der Waals surface area contributed by atoms with Gasteiger partial charge in [0.25, 0.3) is 0 Å². The van der Waals surface area contributed by atoms with Gasteiger partial charge in [0.2, 0.25) is 5.91 Å². The summed E-state index contributed by atoms with van der Waals surface area (Å²) in [4.78, 5) is 11.2. The summed E-state index contributed by atoms with van der Waals surface area (Å²) in [7, 11) is 0. The van der Waals surface area contributed by atoms with Crippen LogP contribution in [0.2, 0.25) is 0 Å². The van der Waals surface area contributed by atoms with E-state index in [-0.39, 0.29) is 11.4 Å². The van der Waals surface area contributed by atoms with E-state index in [1.54, 1.807) is 0 Å². The lowest BCUT2D eigenvalue weighted by molar-refractivity contribution is -0.144. The summed E-state index contributed by atoms with van der Waals surface area (Å²) in [6, 6.07) is -0.170.